The fourth-order valence-corrected chi connectivity index (χ4v) is 2.71. The number of nitrogens with one attached hydrogen (secondary N) is 1. The first kappa shape index (κ1) is 12.6. The third-order valence-electron chi connectivity index (χ3n) is 3.45. The van der Waals surface area contributed by atoms with Gasteiger partial charge in [0.2, 0.25) is 5.91 Å². The number of hydrogen-bond acceptors (Lipinski definition) is 2. The quantitative estimate of drug-likeness (QED) is 0.909. The summed E-state index contributed by atoms with van der Waals surface area (Å²) in [6.45, 7) is 4.93. The largest absolute Gasteiger partial charge is 0.311 e. The Labute approximate surface area is 110 Å². The number of carbonyl (C=O) groups excluding carboxylic acids is 1. The zero-order chi connectivity index (χ0) is 12.6. The number of carbonyl (C=O) groups is 1. The average Bonchev–Trinajstić information content (AvgIpc) is 2.66. The molecular weight excluding hydrogens is 280 g/mol. The molecule has 1 atom stereocenters. The number of benzene rings is 1. The van der Waals surface area contributed by atoms with E-state index in [9.17, 15) is 4.79 Å². The molecule has 3 nitrogen and oxygen atoms in total. The van der Waals surface area contributed by atoms with Gasteiger partial charge in [-0.3, -0.25) is 4.79 Å². The maximum Gasteiger partial charge on any atom is 0.244 e. The van der Waals surface area contributed by atoms with Gasteiger partial charge in [-0.1, -0.05) is 15.9 Å². The number of anilines is 1. The first-order valence-corrected chi connectivity index (χ1v) is 6.59. The van der Waals surface area contributed by atoms with Crippen LogP contribution in [-0.4, -0.2) is 25.5 Å². The van der Waals surface area contributed by atoms with Gasteiger partial charge in [0.1, 0.15) is 0 Å². The molecule has 0 saturated carbocycles. The topological polar surface area (TPSA) is 32.3 Å². The molecule has 1 aromatic rings. The summed E-state index contributed by atoms with van der Waals surface area (Å²) in [5.74, 6) is 0.169. The highest BCUT2D eigenvalue weighted by molar-refractivity contribution is 9.10. The monoisotopic (exact) mass is 296 g/mol. The molecule has 1 aliphatic heterocycles. The molecule has 1 aromatic carbocycles. The number of aryl methyl sites for hydroxylation is 1. The summed E-state index contributed by atoms with van der Waals surface area (Å²) in [6.07, 6.45) is 0.875. The van der Waals surface area contributed by atoms with E-state index in [2.05, 4.69) is 41.2 Å². The van der Waals surface area contributed by atoms with E-state index in [0.29, 0.717) is 0 Å². The van der Waals surface area contributed by atoms with Crippen LogP contribution in [0, 0.1) is 13.8 Å². The first-order chi connectivity index (χ1) is 8.04. The van der Waals surface area contributed by atoms with Crippen molar-refractivity contribution in [2.75, 3.05) is 18.5 Å². The van der Waals surface area contributed by atoms with Crippen LogP contribution in [-0.2, 0) is 4.79 Å². The van der Waals surface area contributed by atoms with Crippen molar-refractivity contribution in [1.29, 1.82) is 0 Å². The van der Waals surface area contributed by atoms with Gasteiger partial charge in [-0.2, -0.15) is 0 Å². The molecule has 1 amide bonds. The van der Waals surface area contributed by atoms with Crippen molar-refractivity contribution in [3.05, 3.63) is 27.7 Å². The minimum atomic E-state index is -0.0321. The van der Waals surface area contributed by atoms with Crippen molar-refractivity contribution in [2.24, 2.45) is 0 Å². The molecule has 1 saturated heterocycles. The summed E-state index contributed by atoms with van der Waals surface area (Å²) in [7, 11) is 1.84. The van der Waals surface area contributed by atoms with Crippen molar-refractivity contribution in [2.45, 2.75) is 26.3 Å². The van der Waals surface area contributed by atoms with Gasteiger partial charge >= 0.3 is 0 Å². The Morgan fingerprint density at radius 3 is 2.65 bits per heavy atom. The van der Waals surface area contributed by atoms with Crippen molar-refractivity contribution in [3.8, 4) is 0 Å². The van der Waals surface area contributed by atoms with E-state index in [1.807, 2.05) is 18.0 Å². The van der Waals surface area contributed by atoms with Crippen molar-refractivity contribution < 1.29 is 4.79 Å². The maximum absolute atomic E-state index is 12.1. The van der Waals surface area contributed by atoms with E-state index in [0.717, 1.165) is 23.1 Å². The number of amides is 1. The molecule has 92 valence electrons. The van der Waals surface area contributed by atoms with E-state index >= 15 is 0 Å². The van der Waals surface area contributed by atoms with Crippen LogP contribution >= 0.6 is 15.9 Å². The third-order valence-corrected chi connectivity index (χ3v) is 4.28. The van der Waals surface area contributed by atoms with Crippen molar-refractivity contribution in [1.82, 2.24) is 5.32 Å². The minimum Gasteiger partial charge on any atom is -0.311 e. The van der Waals surface area contributed by atoms with Crippen LogP contribution in [0.2, 0.25) is 0 Å². The molecule has 0 bridgehead atoms. The fourth-order valence-electron chi connectivity index (χ4n) is 2.16. The number of halogens is 1. The number of likely N-dealkylation sites (N-methyl/N-ethyl adjacent to an activating group) is 1. The molecule has 0 spiro atoms. The van der Waals surface area contributed by atoms with Gasteiger partial charge in [0.25, 0.3) is 0 Å². The zero-order valence-electron chi connectivity index (χ0n) is 10.4. The summed E-state index contributed by atoms with van der Waals surface area (Å²) in [6, 6.07) is 4.07. The molecule has 1 N–H and O–H groups in total. The smallest absolute Gasteiger partial charge is 0.244 e. The van der Waals surface area contributed by atoms with Crippen LogP contribution < -0.4 is 10.2 Å². The summed E-state index contributed by atoms with van der Waals surface area (Å²) >= 11 is 3.54. The molecule has 1 fully saturated rings. The summed E-state index contributed by atoms with van der Waals surface area (Å²) < 4.78 is 1.06. The summed E-state index contributed by atoms with van der Waals surface area (Å²) in [4.78, 5) is 14.0. The van der Waals surface area contributed by atoms with Gasteiger partial charge in [0.15, 0.2) is 0 Å². The second-order valence-electron chi connectivity index (χ2n) is 4.49. The van der Waals surface area contributed by atoms with E-state index in [-0.39, 0.29) is 11.9 Å². The second kappa shape index (κ2) is 4.78. The normalized spacial score (nSPS) is 20.1. The molecular formula is C13H17BrN2O. The van der Waals surface area contributed by atoms with Crippen LogP contribution in [0.5, 0.6) is 0 Å². The Kier molecular flexibility index (Phi) is 3.54. The predicted molar refractivity (Wildman–Crippen MR) is 73.4 cm³/mol. The Morgan fingerprint density at radius 1 is 1.41 bits per heavy atom. The van der Waals surface area contributed by atoms with Crippen molar-refractivity contribution in [3.63, 3.8) is 0 Å². The third kappa shape index (κ3) is 2.24. The summed E-state index contributed by atoms with van der Waals surface area (Å²) in [5.41, 5.74) is 3.42. The van der Waals surface area contributed by atoms with Gasteiger partial charge in [0, 0.05) is 16.7 Å². The molecule has 0 radical (unpaired) electrons. The Balaban J connectivity index is 2.33. The SMILES string of the molecule is CNC1CCN(c2cc(C)c(C)c(Br)c2)C1=O. The van der Waals surface area contributed by atoms with Crippen LogP contribution in [0.1, 0.15) is 17.5 Å². The lowest BCUT2D eigenvalue weighted by molar-refractivity contribution is -0.118. The Morgan fingerprint density at radius 2 is 2.12 bits per heavy atom. The molecule has 17 heavy (non-hydrogen) atoms. The van der Waals surface area contributed by atoms with Gasteiger partial charge in [-0.15, -0.1) is 0 Å². The fraction of sp³-hybridized carbons (Fsp3) is 0.462. The molecule has 1 heterocycles. The number of hydrogen-bond donors (Lipinski definition) is 1. The van der Waals surface area contributed by atoms with Crippen LogP contribution in [0.4, 0.5) is 5.69 Å². The highest BCUT2D eigenvalue weighted by Gasteiger charge is 2.31. The molecule has 1 unspecified atom stereocenters. The van der Waals surface area contributed by atoms with E-state index < -0.39 is 0 Å². The molecule has 2 rings (SSSR count). The highest BCUT2D eigenvalue weighted by Crippen LogP contribution is 2.29. The molecule has 4 heteroatoms. The average molecular weight is 297 g/mol. The molecule has 1 aliphatic rings. The van der Waals surface area contributed by atoms with Crippen molar-refractivity contribution >= 4 is 27.5 Å². The van der Waals surface area contributed by atoms with E-state index in [1.54, 1.807) is 0 Å². The standard InChI is InChI=1S/C13H17BrN2O/c1-8-6-10(7-11(14)9(8)2)16-5-4-12(15-3)13(16)17/h6-7,12,15H,4-5H2,1-3H3. The zero-order valence-corrected chi connectivity index (χ0v) is 12.0. The van der Waals surface area contributed by atoms with Gasteiger partial charge in [-0.25, -0.2) is 0 Å². The molecule has 0 aliphatic carbocycles. The van der Waals surface area contributed by atoms with Crippen LogP contribution in [0.15, 0.2) is 16.6 Å². The van der Waals surface area contributed by atoms with E-state index in [4.69, 9.17) is 0 Å². The van der Waals surface area contributed by atoms with E-state index in [1.165, 1.54) is 11.1 Å². The maximum atomic E-state index is 12.1. The Bertz CT molecular complexity index is 436. The first-order valence-electron chi connectivity index (χ1n) is 5.80. The predicted octanol–water partition coefficient (Wildman–Crippen LogP) is 2.39. The van der Waals surface area contributed by atoms with Gasteiger partial charge < -0.3 is 10.2 Å². The number of rotatable bonds is 2. The van der Waals surface area contributed by atoms with Crippen LogP contribution in [0.3, 0.4) is 0 Å². The van der Waals surface area contributed by atoms with Gasteiger partial charge in [-0.05, 0) is 50.6 Å². The Hall–Kier alpha value is -0.870. The highest BCUT2D eigenvalue weighted by atomic mass is 79.9. The second-order valence-corrected chi connectivity index (χ2v) is 5.34. The lowest BCUT2D eigenvalue weighted by atomic mass is 10.1. The lowest BCUT2D eigenvalue weighted by Crippen LogP contribution is -2.36. The molecule has 0 aromatic heterocycles. The van der Waals surface area contributed by atoms with Crippen LogP contribution in [0.25, 0.3) is 0 Å². The summed E-state index contributed by atoms with van der Waals surface area (Å²) in [5, 5.41) is 3.05. The van der Waals surface area contributed by atoms with Gasteiger partial charge in [0.05, 0.1) is 6.04 Å². The lowest BCUT2D eigenvalue weighted by Gasteiger charge is -2.19. The number of nitrogens with zero attached hydrogens (tertiary/aromatic N) is 1. The minimum absolute atomic E-state index is 0.0321.